The number of hydrogen-bond donors (Lipinski definition) is 0. The molecule has 0 N–H and O–H groups in total. The topological polar surface area (TPSA) is 88.8 Å². The Labute approximate surface area is 146 Å². The fourth-order valence-corrected chi connectivity index (χ4v) is 2.13. The van der Waals surface area contributed by atoms with E-state index < -0.39 is 23.8 Å². The summed E-state index contributed by atoms with van der Waals surface area (Å²) in [7, 11) is 4.00. The quantitative estimate of drug-likeness (QED) is 0.707. The van der Waals surface area contributed by atoms with Gasteiger partial charge in [-0.2, -0.15) is 8.78 Å². The zero-order valence-corrected chi connectivity index (χ0v) is 14.2. The van der Waals surface area contributed by atoms with E-state index in [1.165, 1.54) is 44.0 Å². The van der Waals surface area contributed by atoms with Crippen LogP contribution in [0.4, 0.5) is 8.78 Å². The van der Waals surface area contributed by atoms with E-state index in [1.807, 2.05) is 0 Å². The molecule has 2 rings (SSSR count). The zero-order valence-electron chi connectivity index (χ0n) is 14.2. The lowest BCUT2D eigenvalue weighted by atomic mass is 10.2. The van der Waals surface area contributed by atoms with Gasteiger partial charge in [-0.05, 0) is 18.2 Å². The third-order valence-corrected chi connectivity index (χ3v) is 3.59. The van der Waals surface area contributed by atoms with Gasteiger partial charge in [-0.15, -0.1) is 0 Å². The van der Waals surface area contributed by atoms with Gasteiger partial charge in [0.2, 0.25) is 0 Å². The highest BCUT2D eigenvalue weighted by atomic mass is 19.3. The number of halogens is 2. The van der Waals surface area contributed by atoms with Crippen molar-refractivity contribution in [1.29, 1.82) is 0 Å². The van der Waals surface area contributed by atoms with Crippen molar-refractivity contribution in [2.24, 2.45) is 14.1 Å². The van der Waals surface area contributed by atoms with Gasteiger partial charge in [0.25, 0.3) is 5.56 Å². The van der Waals surface area contributed by atoms with Crippen LogP contribution in [0.15, 0.2) is 33.9 Å². The maximum absolute atomic E-state index is 12.3. The Kier molecular flexibility index (Phi) is 5.75. The van der Waals surface area contributed by atoms with Gasteiger partial charge in [0.1, 0.15) is 6.61 Å². The lowest BCUT2D eigenvalue weighted by molar-refractivity contribution is -0.0512. The van der Waals surface area contributed by atoms with Gasteiger partial charge < -0.3 is 14.2 Å². The maximum Gasteiger partial charge on any atom is 0.387 e. The SMILES string of the molecule is COc1cc(C(=O)OCc2cc(=O)n(C)c(=O)n2C)ccc1OC(F)F. The Balaban J connectivity index is 2.18. The Morgan fingerprint density at radius 1 is 1.12 bits per heavy atom. The van der Waals surface area contributed by atoms with Crippen molar-refractivity contribution in [2.45, 2.75) is 13.2 Å². The number of nitrogens with zero attached hydrogens (tertiary/aromatic N) is 2. The van der Waals surface area contributed by atoms with Crippen molar-refractivity contribution in [1.82, 2.24) is 9.13 Å². The van der Waals surface area contributed by atoms with Crippen LogP contribution in [-0.4, -0.2) is 28.8 Å². The summed E-state index contributed by atoms with van der Waals surface area (Å²) in [6.07, 6.45) is 0. The molecule has 26 heavy (non-hydrogen) atoms. The Morgan fingerprint density at radius 2 is 1.81 bits per heavy atom. The highest BCUT2D eigenvalue weighted by Gasteiger charge is 2.16. The number of esters is 1. The molecule has 140 valence electrons. The summed E-state index contributed by atoms with van der Waals surface area (Å²) < 4.78 is 41.0. The molecule has 1 aromatic carbocycles. The fraction of sp³-hybridized carbons (Fsp3) is 0.312. The van der Waals surface area contributed by atoms with Crippen LogP contribution >= 0.6 is 0 Å². The first kappa shape index (κ1) is 19.2. The first-order valence-corrected chi connectivity index (χ1v) is 7.30. The minimum Gasteiger partial charge on any atom is -0.493 e. The predicted octanol–water partition coefficient (Wildman–Crippen LogP) is 1.05. The Morgan fingerprint density at radius 3 is 2.42 bits per heavy atom. The van der Waals surface area contributed by atoms with E-state index in [-0.39, 0.29) is 29.4 Å². The lowest BCUT2D eigenvalue weighted by Gasteiger charge is -2.12. The predicted molar refractivity (Wildman–Crippen MR) is 85.7 cm³/mol. The second-order valence-electron chi connectivity index (χ2n) is 5.19. The second kappa shape index (κ2) is 7.81. The smallest absolute Gasteiger partial charge is 0.387 e. The van der Waals surface area contributed by atoms with Crippen LogP contribution in [0.3, 0.4) is 0 Å². The largest absolute Gasteiger partial charge is 0.493 e. The van der Waals surface area contributed by atoms with Gasteiger partial charge in [0.15, 0.2) is 11.5 Å². The van der Waals surface area contributed by atoms with E-state index in [9.17, 15) is 23.2 Å². The third-order valence-electron chi connectivity index (χ3n) is 3.59. The van der Waals surface area contributed by atoms with Crippen molar-refractivity contribution in [2.75, 3.05) is 7.11 Å². The van der Waals surface area contributed by atoms with Crippen LogP contribution in [0.2, 0.25) is 0 Å². The molecule has 1 heterocycles. The molecule has 0 amide bonds. The van der Waals surface area contributed by atoms with E-state index in [2.05, 4.69) is 4.74 Å². The van der Waals surface area contributed by atoms with Crippen molar-refractivity contribution in [3.05, 3.63) is 56.4 Å². The van der Waals surface area contributed by atoms with Crippen LogP contribution in [0.25, 0.3) is 0 Å². The molecule has 8 nitrogen and oxygen atoms in total. The van der Waals surface area contributed by atoms with Gasteiger partial charge in [0.05, 0.1) is 18.4 Å². The number of alkyl halides is 2. The molecule has 0 saturated carbocycles. The average Bonchev–Trinajstić information content (AvgIpc) is 2.61. The van der Waals surface area contributed by atoms with Crippen LogP contribution < -0.4 is 20.7 Å². The number of ether oxygens (including phenoxy) is 3. The summed E-state index contributed by atoms with van der Waals surface area (Å²) in [6, 6.07) is 4.74. The molecule has 0 aliphatic carbocycles. The number of carbonyl (C=O) groups excluding carboxylic acids is 1. The minimum absolute atomic E-state index is 0.0253. The average molecular weight is 370 g/mol. The minimum atomic E-state index is -3.04. The van der Waals surface area contributed by atoms with Gasteiger partial charge in [0, 0.05) is 20.2 Å². The van der Waals surface area contributed by atoms with Crippen LogP contribution in [0.1, 0.15) is 16.1 Å². The summed E-state index contributed by atoms with van der Waals surface area (Å²) >= 11 is 0. The molecule has 0 radical (unpaired) electrons. The summed E-state index contributed by atoms with van der Waals surface area (Å²) in [5.41, 5.74) is -0.860. The van der Waals surface area contributed by atoms with Crippen molar-refractivity contribution in [3.8, 4) is 11.5 Å². The normalized spacial score (nSPS) is 10.7. The molecular weight excluding hydrogens is 354 g/mol. The van der Waals surface area contributed by atoms with Crippen LogP contribution in [-0.2, 0) is 25.4 Å². The second-order valence-corrected chi connectivity index (χ2v) is 5.19. The fourth-order valence-electron chi connectivity index (χ4n) is 2.13. The zero-order chi connectivity index (χ0) is 19.4. The molecule has 0 fully saturated rings. The van der Waals surface area contributed by atoms with E-state index in [0.717, 1.165) is 10.6 Å². The summed E-state index contributed by atoms with van der Waals surface area (Å²) in [4.78, 5) is 35.6. The molecule has 0 saturated heterocycles. The highest BCUT2D eigenvalue weighted by molar-refractivity contribution is 5.90. The van der Waals surface area contributed by atoms with E-state index in [1.54, 1.807) is 0 Å². The van der Waals surface area contributed by atoms with Crippen LogP contribution in [0.5, 0.6) is 11.5 Å². The molecular formula is C16H16F2N2O6. The van der Waals surface area contributed by atoms with Gasteiger partial charge in [-0.25, -0.2) is 9.59 Å². The number of methoxy groups -OCH3 is 1. The summed E-state index contributed by atoms with van der Waals surface area (Å²) in [5.74, 6) is -1.09. The van der Waals surface area contributed by atoms with Crippen molar-refractivity contribution < 1.29 is 27.8 Å². The highest BCUT2D eigenvalue weighted by Crippen LogP contribution is 2.29. The van der Waals surface area contributed by atoms with E-state index in [4.69, 9.17) is 9.47 Å². The first-order valence-electron chi connectivity index (χ1n) is 7.30. The van der Waals surface area contributed by atoms with Crippen molar-refractivity contribution in [3.63, 3.8) is 0 Å². The van der Waals surface area contributed by atoms with E-state index in [0.29, 0.717) is 0 Å². The molecule has 0 aliphatic heterocycles. The monoisotopic (exact) mass is 370 g/mol. The summed E-state index contributed by atoms with van der Waals surface area (Å²) in [5, 5.41) is 0. The Hall–Kier alpha value is -3.17. The standard InChI is InChI=1S/C16H16F2N2O6/c1-19-10(7-13(21)20(2)16(19)23)8-25-14(22)9-4-5-11(26-15(17)18)12(6-9)24-3/h4-7,15H,8H2,1-3H3. The number of benzene rings is 1. The molecule has 10 heteroatoms. The maximum atomic E-state index is 12.3. The molecule has 0 spiro atoms. The van der Waals surface area contributed by atoms with Crippen molar-refractivity contribution >= 4 is 5.97 Å². The number of rotatable bonds is 6. The molecule has 0 unspecified atom stereocenters. The Bertz CT molecular complexity index is 935. The number of carbonyl (C=O) groups is 1. The molecule has 1 aromatic heterocycles. The molecule has 2 aromatic rings. The molecule has 0 atom stereocenters. The lowest BCUT2D eigenvalue weighted by Crippen LogP contribution is -2.38. The molecule has 0 aliphatic rings. The van der Waals surface area contributed by atoms with Gasteiger partial charge in [-0.1, -0.05) is 0 Å². The van der Waals surface area contributed by atoms with E-state index >= 15 is 0 Å². The third kappa shape index (κ3) is 4.08. The molecule has 0 bridgehead atoms. The number of aromatic nitrogens is 2. The van der Waals surface area contributed by atoms with Gasteiger partial charge >= 0.3 is 18.3 Å². The number of hydrogen-bond acceptors (Lipinski definition) is 6. The summed E-state index contributed by atoms with van der Waals surface area (Å²) in [6.45, 7) is -3.36. The van der Waals surface area contributed by atoms with Gasteiger partial charge in [-0.3, -0.25) is 13.9 Å². The first-order chi connectivity index (χ1) is 12.2. The van der Waals surface area contributed by atoms with Crippen LogP contribution in [0, 0.1) is 0 Å².